The summed E-state index contributed by atoms with van der Waals surface area (Å²) in [5.74, 6) is -6.15. The summed E-state index contributed by atoms with van der Waals surface area (Å²) in [6.07, 6.45) is -67.7. The zero-order chi connectivity index (χ0) is 89.2. The third-order valence-electron chi connectivity index (χ3n) is 29.1. The number of ether oxygens (including phenoxy) is 18. The molecule has 0 aromatic rings. The molecule has 0 aromatic heterocycles. The molecule has 13 rings (SSSR count). The fourth-order valence-corrected chi connectivity index (χ4v) is 21.9. The van der Waals surface area contributed by atoms with Crippen molar-refractivity contribution in [3.63, 3.8) is 0 Å². The van der Waals surface area contributed by atoms with Gasteiger partial charge >= 0.3 is 23.9 Å². The van der Waals surface area contributed by atoms with Crippen molar-refractivity contribution in [3.05, 3.63) is 11.6 Å². The Kier molecular flexibility index (Phi) is 28.7. The van der Waals surface area contributed by atoms with Gasteiger partial charge in [0.1, 0.15) is 165 Å². The van der Waals surface area contributed by atoms with E-state index >= 15 is 4.79 Å². The quantitative estimate of drug-likeness (QED) is 0.0157. The van der Waals surface area contributed by atoms with Crippen LogP contribution < -0.4 is 0 Å². The van der Waals surface area contributed by atoms with Crippen molar-refractivity contribution in [2.45, 2.75) is 367 Å². The largest absolute Gasteiger partial charge is 0.479 e. The van der Waals surface area contributed by atoms with Gasteiger partial charge in [-0.25, -0.2) is 4.79 Å². The van der Waals surface area contributed by atoms with E-state index in [4.69, 9.17) is 85.3 Å². The van der Waals surface area contributed by atoms with Gasteiger partial charge in [0.2, 0.25) is 6.29 Å². The smallest absolute Gasteiger partial charge is 0.335 e. The van der Waals surface area contributed by atoms with Crippen molar-refractivity contribution in [2.24, 2.45) is 50.2 Å². The first kappa shape index (κ1) is 95.5. The average molecular weight is 1760 g/mol. The Bertz CT molecular complexity index is 3670. The summed E-state index contributed by atoms with van der Waals surface area (Å²) in [5.41, 5.74) is -5.36. The zero-order valence-corrected chi connectivity index (χ0v) is 69.1. The summed E-state index contributed by atoms with van der Waals surface area (Å²) in [6.45, 7) is 13.4. The van der Waals surface area contributed by atoms with Crippen LogP contribution in [0.25, 0.3) is 0 Å². The fraction of sp³-hybridized carbons (Fsp3) is 0.911. The minimum absolute atomic E-state index is 0.000856. The molecular weight excluding hydrogens is 1640 g/mol. The lowest BCUT2D eigenvalue weighted by Gasteiger charge is -2.71. The maximum atomic E-state index is 16.5. The molecule has 5 aliphatic carbocycles. The number of carboxylic acids is 1. The van der Waals surface area contributed by atoms with E-state index in [1.54, 1.807) is 6.92 Å². The van der Waals surface area contributed by atoms with Gasteiger partial charge in [-0.1, -0.05) is 53.2 Å². The van der Waals surface area contributed by atoms with E-state index in [0.717, 1.165) is 25.7 Å². The number of esters is 3. The first-order valence-electron chi connectivity index (χ1n) is 41.7. The van der Waals surface area contributed by atoms with Gasteiger partial charge in [-0.3, -0.25) is 14.4 Å². The predicted octanol–water partition coefficient (Wildman–Crippen LogP) is -7.38. The molecule has 0 bridgehead atoms. The van der Waals surface area contributed by atoms with Crippen LogP contribution in [0.5, 0.6) is 0 Å². The lowest BCUT2D eigenvalue weighted by molar-refractivity contribution is -0.398. The molecule has 0 unspecified atom stereocenters. The highest BCUT2D eigenvalue weighted by atomic mass is 16.8. The van der Waals surface area contributed by atoms with E-state index in [1.807, 2.05) is 13.8 Å². The highest BCUT2D eigenvalue weighted by Gasteiger charge is 2.74. The van der Waals surface area contributed by atoms with Crippen molar-refractivity contribution >= 4 is 30.2 Å². The van der Waals surface area contributed by atoms with E-state index in [-0.39, 0.29) is 25.2 Å². The van der Waals surface area contributed by atoms with Gasteiger partial charge in [-0.15, -0.1) is 0 Å². The van der Waals surface area contributed by atoms with Crippen LogP contribution in [-0.2, 0) is 109 Å². The standard InChI is InChI=1S/C79H122O43/c1-27-56(115-69-60(44(90)35(86)23-107-69)119-70-59(43(89)34(85)24-108-70)117-65-52(98)42(88)33(84)22-106-65)51(97)55(101)66(109-27)121-63-62(120-68-54(100)48(94)46(92)37(113-68)25-105-29(3)82)57(111-30(4)83)28(2)110-72(63)122-73(104)79-18-17-74(5,6)19-32(79)31-11-12-39-75(7)15-14-41(76(8,26-81)38(75)13-16-77(39,9)78(31,10)20-40(79)87)114-71-61(50(96)49(95)58(116-71)64(102)103)118-67-53(99)47(93)45(91)36(21-80)112-67/h11,26-28,32-63,65-72,80,84-101H,12-25H2,1-10H3,(H,102,103)/t27-,28+,32-,33-,34-,35+,36+,37+,38+,39+,40+,41-,42-,43-,44-,45-,46+,47-,48-,49-,50-,51-,52+,53+,54+,55+,56-,57-,58-,59+,60+,61+,62-,63+,65-,66-,67-,68-,69-,70-,71+,72-,75-,76-,77+,78+,79+/m0/s1. The fourth-order valence-electron chi connectivity index (χ4n) is 21.9. The Hall–Kier alpha value is -4.07. The minimum Gasteiger partial charge on any atom is -0.479 e. The Morgan fingerprint density at radius 3 is 1.55 bits per heavy atom. The Morgan fingerprint density at radius 1 is 0.459 bits per heavy atom. The predicted molar refractivity (Wildman–Crippen MR) is 394 cm³/mol. The van der Waals surface area contributed by atoms with Crippen molar-refractivity contribution < 1.29 is 211 Å². The Labute approximate surface area is 700 Å². The summed E-state index contributed by atoms with van der Waals surface area (Å²) in [6, 6.07) is 0. The highest BCUT2D eigenvalue weighted by Crippen LogP contribution is 2.76. The van der Waals surface area contributed by atoms with E-state index in [1.165, 1.54) is 13.8 Å². The number of aliphatic carboxylic acids is 1. The van der Waals surface area contributed by atoms with E-state index in [2.05, 4.69) is 26.8 Å². The second-order valence-corrected chi connectivity index (χ2v) is 37.1. The van der Waals surface area contributed by atoms with Crippen LogP contribution in [0.3, 0.4) is 0 Å². The van der Waals surface area contributed by atoms with Gasteiger partial charge in [0, 0.05) is 13.8 Å². The van der Waals surface area contributed by atoms with E-state index in [0.29, 0.717) is 38.5 Å². The van der Waals surface area contributed by atoms with Crippen LogP contribution in [0, 0.1) is 50.2 Å². The number of hydrogen-bond donors (Lipinski definition) is 20. The minimum atomic E-state index is -2.29. The average Bonchev–Trinajstić information content (AvgIpc) is 0.668. The van der Waals surface area contributed by atoms with Gasteiger partial charge in [0.15, 0.2) is 62.3 Å². The second kappa shape index (κ2) is 36.7. The molecule has 13 aliphatic rings. The lowest BCUT2D eigenvalue weighted by Crippen LogP contribution is -2.69. The van der Waals surface area contributed by atoms with Crippen molar-refractivity contribution in [1.82, 2.24) is 0 Å². The maximum Gasteiger partial charge on any atom is 0.335 e. The van der Waals surface area contributed by atoms with Crippen LogP contribution >= 0.6 is 0 Å². The van der Waals surface area contributed by atoms with E-state index < -0.39 is 341 Å². The summed E-state index contributed by atoms with van der Waals surface area (Å²) < 4.78 is 109. The number of rotatable bonds is 22. The number of carboxylic acid groups (broad SMARTS) is 1. The normalized spacial score (nSPS) is 52.7. The molecule has 47 atom stereocenters. The van der Waals surface area contributed by atoms with Gasteiger partial charge in [-0.2, -0.15) is 0 Å². The van der Waals surface area contributed by atoms with Gasteiger partial charge in [0.05, 0.1) is 56.3 Å². The highest BCUT2D eigenvalue weighted by molar-refractivity contribution is 5.80. The van der Waals surface area contributed by atoms with Crippen LogP contribution in [0.1, 0.15) is 127 Å². The molecule has 8 heterocycles. The van der Waals surface area contributed by atoms with Crippen LogP contribution in [0.4, 0.5) is 0 Å². The summed E-state index contributed by atoms with van der Waals surface area (Å²) in [7, 11) is 0. The molecule has 0 radical (unpaired) electrons. The summed E-state index contributed by atoms with van der Waals surface area (Å²) in [5, 5.41) is 223. The molecule has 0 amide bonds. The maximum absolute atomic E-state index is 16.5. The van der Waals surface area contributed by atoms with Crippen LogP contribution in [0.15, 0.2) is 11.6 Å². The molecule has 8 saturated heterocycles. The molecule has 12 fully saturated rings. The summed E-state index contributed by atoms with van der Waals surface area (Å²) in [4.78, 5) is 68.7. The number of carbonyl (C=O) groups is 5. The third kappa shape index (κ3) is 17.3. The number of allylic oxidation sites excluding steroid dienone is 2. The molecule has 20 N–H and O–H groups in total. The second-order valence-electron chi connectivity index (χ2n) is 37.1. The topological polar surface area (TPSA) is 656 Å². The number of aliphatic hydroxyl groups excluding tert-OH is 19. The molecule has 43 heteroatoms. The molecule has 8 aliphatic heterocycles. The number of carbonyl (C=O) groups excluding carboxylic acids is 4. The summed E-state index contributed by atoms with van der Waals surface area (Å²) >= 11 is 0. The first-order valence-corrected chi connectivity index (χ1v) is 41.7. The zero-order valence-electron chi connectivity index (χ0n) is 69.1. The van der Waals surface area contributed by atoms with Crippen LogP contribution in [-0.4, -0.2) is 405 Å². The number of aliphatic hydroxyl groups is 19. The molecule has 43 nitrogen and oxygen atoms in total. The van der Waals surface area contributed by atoms with Gasteiger partial charge < -0.3 is 192 Å². The van der Waals surface area contributed by atoms with Crippen LogP contribution in [0.2, 0.25) is 0 Å². The molecule has 0 spiro atoms. The number of hydrogen-bond acceptors (Lipinski definition) is 42. The molecule has 122 heavy (non-hydrogen) atoms. The van der Waals surface area contributed by atoms with Crippen molar-refractivity contribution in [3.8, 4) is 0 Å². The lowest BCUT2D eigenvalue weighted by atomic mass is 9.33. The number of fused-ring (bicyclic) bond motifs is 7. The molecule has 696 valence electrons. The SMILES string of the molecule is CC(=O)OC[C@H]1O[C@@H](O[C@H]2[C@@H](OC(C)=O)[C@@H](C)O[C@@H](OC(=O)[C@]34CCC(C)(C)C[C@H]3C3=CC[C@@H]5[C@@]6(C)CC[C@H](O[C@@H]7O[C@H](C(=O)O)[C@@H](O)[C@H](O)[C@H]7O[C@@H]7O[C@H](CO)[C@H](O)[C@H](O)[C@H]7O)[C@@](C)(C=O)[C@@H]6CC[C@@]5(C)[C@]3(C)C[C@H]4O)[C@@H]2O[C@@H]2O[C@@H](C)[C@H](O[C@@H]3OC[C@@H](O)[C@H](O)[C@H]3O[C@@H]3OC[C@H](O)[C@H](O)[C@H]3O[C@@H]3OC[C@H](O)[C@H](O)[C@H]3O)[C@@H](O)[C@H]2O)[C@H](O)[C@@H](O)[C@@H]1O. The molecule has 0 aromatic carbocycles. The monoisotopic (exact) mass is 1760 g/mol. The third-order valence-corrected chi connectivity index (χ3v) is 29.1. The number of aldehydes is 1. The Balaban J connectivity index is 0.791. The first-order chi connectivity index (χ1) is 57.2. The van der Waals surface area contributed by atoms with Gasteiger partial charge in [0.25, 0.3) is 0 Å². The molecule has 4 saturated carbocycles. The molecular formula is C79H122O43. The Morgan fingerprint density at radius 2 is 0.959 bits per heavy atom. The van der Waals surface area contributed by atoms with Gasteiger partial charge in [-0.05, 0) is 111 Å². The van der Waals surface area contributed by atoms with Crippen molar-refractivity contribution in [1.29, 1.82) is 0 Å². The van der Waals surface area contributed by atoms with E-state index in [9.17, 15) is 121 Å². The van der Waals surface area contributed by atoms with Crippen molar-refractivity contribution in [2.75, 3.05) is 33.0 Å².